The Morgan fingerprint density at radius 2 is 2.22 bits per heavy atom. The van der Waals surface area contributed by atoms with Crippen LogP contribution in [0.5, 0.6) is 0 Å². The molecule has 0 aromatic rings. The van der Waals surface area contributed by atoms with Gasteiger partial charge in [0.25, 0.3) is 0 Å². The van der Waals surface area contributed by atoms with Crippen LogP contribution in [0.15, 0.2) is 0 Å². The van der Waals surface area contributed by atoms with Gasteiger partial charge in [-0.1, -0.05) is 0 Å². The third kappa shape index (κ3) is 5.46. The van der Waals surface area contributed by atoms with Gasteiger partial charge in [0, 0.05) is 26.6 Å². The van der Waals surface area contributed by atoms with Crippen molar-refractivity contribution in [2.45, 2.75) is 25.7 Å². The molecule has 6 nitrogen and oxygen atoms in total. The second-order valence-corrected chi connectivity index (χ2v) is 4.76. The first kappa shape index (κ1) is 14.9. The summed E-state index contributed by atoms with van der Waals surface area (Å²) in [4.78, 5) is 24.7. The predicted molar refractivity (Wildman–Crippen MR) is 70.1 cm³/mol. The summed E-state index contributed by atoms with van der Waals surface area (Å²) in [6.07, 6.45) is 3.82. The summed E-state index contributed by atoms with van der Waals surface area (Å²) >= 11 is 0. The Balaban J connectivity index is 2.21. The molecule has 4 N–H and O–H groups in total. The highest BCUT2D eigenvalue weighted by molar-refractivity contribution is 5.94. The van der Waals surface area contributed by atoms with Crippen molar-refractivity contribution in [1.29, 1.82) is 0 Å². The Morgan fingerprint density at radius 3 is 2.89 bits per heavy atom. The van der Waals surface area contributed by atoms with E-state index in [1.54, 1.807) is 0 Å². The SMILES string of the molecule is CNC(=O)NC(=O)CCN1CCCC(CCN)C1. The van der Waals surface area contributed by atoms with Crippen LogP contribution in [0, 0.1) is 5.92 Å². The number of rotatable bonds is 5. The van der Waals surface area contributed by atoms with Crippen molar-refractivity contribution in [3.63, 3.8) is 0 Å². The Morgan fingerprint density at radius 1 is 1.44 bits per heavy atom. The third-order valence-electron chi connectivity index (χ3n) is 3.31. The fraction of sp³-hybridized carbons (Fsp3) is 0.833. The first-order valence-electron chi connectivity index (χ1n) is 6.59. The number of urea groups is 1. The fourth-order valence-corrected chi connectivity index (χ4v) is 2.34. The molecule has 0 aromatic heterocycles. The van der Waals surface area contributed by atoms with Crippen LogP contribution in [-0.2, 0) is 4.79 Å². The number of carbonyl (C=O) groups is 2. The second-order valence-electron chi connectivity index (χ2n) is 4.76. The van der Waals surface area contributed by atoms with Crippen molar-refractivity contribution >= 4 is 11.9 Å². The minimum atomic E-state index is -0.445. The highest BCUT2D eigenvalue weighted by Gasteiger charge is 2.19. The first-order valence-corrected chi connectivity index (χ1v) is 6.59. The largest absolute Gasteiger partial charge is 0.341 e. The molecule has 1 unspecified atom stereocenters. The van der Waals surface area contributed by atoms with Crippen molar-refractivity contribution in [2.75, 3.05) is 33.2 Å². The molecule has 1 rings (SSSR count). The number of piperidine rings is 1. The molecule has 1 fully saturated rings. The molecule has 0 radical (unpaired) electrons. The topological polar surface area (TPSA) is 87.5 Å². The molecule has 1 atom stereocenters. The van der Waals surface area contributed by atoms with E-state index in [4.69, 9.17) is 5.73 Å². The minimum Gasteiger partial charge on any atom is -0.341 e. The van der Waals surface area contributed by atoms with Crippen molar-refractivity contribution < 1.29 is 9.59 Å². The van der Waals surface area contributed by atoms with E-state index in [-0.39, 0.29) is 5.91 Å². The van der Waals surface area contributed by atoms with E-state index in [2.05, 4.69) is 15.5 Å². The molecular weight excluding hydrogens is 232 g/mol. The monoisotopic (exact) mass is 256 g/mol. The lowest BCUT2D eigenvalue weighted by Gasteiger charge is -2.32. The van der Waals surface area contributed by atoms with E-state index >= 15 is 0 Å². The molecule has 3 amide bonds. The molecule has 104 valence electrons. The molecule has 1 saturated heterocycles. The van der Waals surface area contributed by atoms with Crippen LogP contribution in [0.25, 0.3) is 0 Å². The Bertz CT molecular complexity index is 281. The van der Waals surface area contributed by atoms with E-state index in [0.717, 1.165) is 26.1 Å². The van der Waals surface area contributed by atoms with Crippen LogP contribution in [0.1, 0.15) is 25.7 Å². The van der Waals surface area contributed by atoms with Gasteiger partial charge in [-0.15, -0.1) is 0 Å². The van der Waals surface area contributed by atoms with Gasteiger partial charge in [0.1, 0.15) is 0 Å². The number of carbonyl (C=O) groups excluding carboxylic acids is 2. The lowest BCUT2D eigenvalue weighted by atomic mass is 9.95. The summed E-state index contributed by atoms with van der Waals surface area (Å²) in [7, 11) is 1.49. The Labute approximate surface area is 108 Å². The summed E-state index contributed by atoms with van der Waals surface area (Å²) in [5, 5.41) is 4.63. The van der Waals surface area contributed by atoms with Gasteiger partial charge in [0.2, 0.25) is 5.91 Å². The Kier molecular flexibility index (Phi) is 6.67. The van der Waals surface area contributed by atoms with E-state index in [9.17, 15) is 9.59 Å². The van der Waals surface area contributed by atoms with Crippen LogP contribution in [0.2, 0.25) is 0 Å². The standard InChI is InChI=1S/C12H24N4O2/c1-14-12(18)15-11(17)5-8-16-7-2-3-10(9-16)4-6-13/h10H,2-9,13H2,1H3,(H2,14,15,17,18). The summed E-state index contributed by atoms with van der Waals surface area (Å²) in [6.45, 7) is 3.50. The van der Waals surface area contributed by atoms with Gasteiger partial charge in [-0.2, -0.15) is 0 Å². The molecule has 0 saturated carbocycles. The number of nitrogens with one attached hydrogen (secondary N) is 2. The molecule has 0 aromatic carbocycles. The van der Waals surface area contributed by atoms with Crippen LogP contribution in [0.3, 0.4) is 0 Å². The maximum absolute atomic E-state index is 11.4. The smallest absolute Gasteiger partial charge is 0.321 e. The highest BCUT2D eigenvalue weighted by Crippen LogP contribution is 2.18. The minimum absolute atomic E-state index is 0.227. The van der Waals surface area contributed by atoms with Gasteiger partial charge in [-0.25, -0.2) is 4.79 Å². The maximum atomic E-state index is 11.4. The normalized spacial score (nSPS) is 20.4. The number of nitrogens with two attached hydrogens (primary N) is 1. The number of amides is 3. The van der Waals surface area contributed by atoms with Gasteiger partial charge >= 0.3 is 6.03 Å². The predicted octanol–water partition coefficient (Wildman–Crippen LogP) is -0.107. The van der Waals surface area contributed by atoms with Crippen molar-refractivity contribution in [3.05, 3.63) is 0 Å². The average Bonchev–Trinajstić information content (AvgIpc) is 2.37. The van der Waals surface area contributed by atoms with Gasteiger partial charge < -0.3 is 16.0 Å². The van der Waals surface area contributed by atoms with Crippen molar-refractivity contribution in [3.8, 4) is 0 Å². The molecule has 18 heavy (non-hydrogen) atoms. The van der Waals surface area contributed by atoms with E-state index in [1.165, 1.54) is 19.9 Å². The number of nitrogens with zero attached hydrogens (tertiary/aromatic N) is 1. The summed E-state index contributed by atoms with van der Waals surface area (Å²) in [5.74, 6) is 0.432. The lowest BCUT2D eigenvalue weighted by molar-refractivity contribution is -0.120. The van der Waals surface area contributed by atoms with E-state index in [1.807, 2.05) is 0 Å². The van der Waals surface area contributed by atoms with Gasteiger partial charge in [0.05, 0.1) is 0 Å². The highest BCUT2D eigenvalue weighted by atomic mass is 16.2. The maximum Gasteiger partial charge on any atom is 0.321 e. The molecule has 6 heteroatoms. The van der Waals surface area contributed by atoms with Crippen molar-refractivity contribution in [2.24, 2.45) is 11.7 Å². The average molecular weight is 256 g/mol. The molecule has 1 heterocycles. The molecule has 0 bridgehead atoms. The van der Waals surface area contributed by atoms with Gasteiger partial charge in [-0.05, 0) is 38.3 Å². The van der Waals surface area contributed by atoms with E-state index < -0.39 is 6.03 Å². The van der Waals surface area contributed by atoms with Gasteiger partial charge in [0.15, 0.2) is 0 Å². The van der Waals surface area contributed by atoms with Crippen molar-refractivity contribution in [1.82, 2.24) is 15.5 Å². The summed E-state index contributed by atoms with van der Waals surface area (Å²) < 4.78 is 0. The molecule has 0 spiro atoms. The quantitative estimate of drug-likeness (QED) is 0.640. The number of hydrogen-bond donors (Lipinski definition) is 3. The van der Waals surface area contributed by atoms with Crippen LogP contribution >= 0.6 is 0 Å². The Hall–Kier alpha value is -1.14. The van der Waals surface area contributed by atoms with Crippen LogP contribution in [-0.4, -0.2) is 50.1 Å². The number of hydrogen-bond acceptors (Lipinski definition) is 4. The lowest BCUT2D eigenvalue weighted by Crippen LogP contribution is -2.41. The summed E-state index contributed by atoms with van der Waals surface area (Å²) in [6, 6.07) is -0.445. The molecule has 1 aliphatic rings. The molecule has 1 aliphatic heterocycles. The first-order chi connectivity index (χ1) is 8.65. The zero-order valence-electron chi connectivity index (χ0n) is 11.1. The zero-order valence-corrected chi connectivity index (χ0v) is 11.1. The number of imide groups is 1. The fourth-order valence-electron chi connectivity index (χ4n) is 2.34. The molecule has 0 aliphatic carbocycles. The van der Waals surface area contributed by atoms with E-state index in [0.29, 0.717) is 18.9 Å². The zero-order chi connectivity index (χ0) is 13.4. The van der Waals surface area contributed by atoms with Crippen LogP contribution in [0.4, 0.5) is 4.79 Å². The second kappa shape index (κ2) is 8.05. The van der Waals surface area contributed by atoms with Gasteiger partial charge in [-0.3, -0.25) is 10.1 Å². The van der Waals surface area contributed by atoms with Crippen LogP contribution < -0.4 is 16.4 Å². The molecular formula is C12H24N4O2. The third-order valence-corrected chi connectivity index (χ3v) is 3.31. The number of likely N-dealkylation sites (tertiary alicyclic amines) is 1. The summed E-state index contributed by atoms with van der Waals surface area (Å²) in [5.41, 5.74) is 5.57.